The molecule has 5 rings (SSSR count). The van der Waals surface area contributed by atoms with E-state index in [0.717, 1.165) is 0 Å². The van der Waals surface area contributed by atoms with Gasteiger partial charge in [-0.2, -0.15) is 10.2 Å². The van der Waals surface area contributed by atoms with E-state index in [-0.39, 0.29) is 65.2 Å². The predicted octanol–water partition coefficient (Wildman–Crippen LogP) is 6.10. The van der Waals surface area contributed by atoms with Gasteiger partial charge in [-0.05, 0) is 46.5 Å². The number of aliphatic hydroxyl groups is 1. The number of fused-ring (bicyclic) bond motifs is 1. The van der Waals surface area contributed by atoms with Crippen LogP contribution in [0.15, 0.2) is 35.6 Å². The molecule has 1 amide bonds. The third-order valence-corrected chi connectivity index (χ3v) is 24.4. The Morgan fingerprint density at radius 1 is 1.09 bits per heavy atom. The second kappa shape index (κ2) is 23.2. The minimum atomic E-state index is -4.04. The normalized spacial score (nSPS) is 24.2. The van der Waals surface area contributed by atoms with Crippen molar-refractivity contribution in [1.82, 2.24) is 24.5 Å². The Hall–Kier alpha value is -2.83. The Morgan fingerprint density at radius 2 is 1.79 bits per heavy atom. The summed E-state index contributed by atoms with van der Waals surface area (Å²) >= 11 is 6.15. The number of ether oxygens (including phenoxy) is 2. The molecule has 368 valence electrons. The molecule has 0 spiro atoms. The molecular weight excluding hydrogens is 953 g/mol. The van der Waals surface area contributed by atoms with Gasteiger partial charge in [0.15, 0.2) is 11.9 Å². The zero-order chi connectivity index (χ0) is 48.7. The van der Waals surface area contributed by atoms with Gasteiger partial charge in [0.25, 0.3) is 5.56 Å². The summed E-state index contributed by atoms with van der Waals surface area (Å²) in [6.45, 7) is 13.9. The van der Waals surface area contributed by atoms with E-state index in [4.69, 9.17) is 47.9 Å². The molecule has 0 bridgehead atoms. The first-order chi connectivity index (χ1) is 31.1. The Bertz CT molecular complexity index is 2250. The van der Waals surface area contributed by atoms with Crippen LogP contribution in [0.4, 0.5) is 5.95 Å². The fourth-order valence-corrected chi connectivity index (χ4v) is 20.8. The van der Waals surface area contributed by atoms with Crippen molar-refractivity contribution in [3.8, 4) is 11.9 Å². The zero-order valence-corrected chi connectivity index (χ0v) is 43.7. The van der Waals surface area contributed by atoms with Crippen molar-refractivity contribution < 1.29 is 60.3 Å². The lowest BCUT2D eigenvalue weighted by Gasteiger charge is -2.47. The standard InChI is InChI=1S/C40H65N7O14P2SSi2/c1-23(2)37(49)45-40-44-36-30(38(50)46-40)13-16-47(36)39-35(34(32(20-48)57-39)60-66(26(7)8,27(9)10)61-65(53,24(3)4)25(5)6)59-63(64,54-17-11-14-41)55-21-28-18-29(19-31(28)58-62(51)52)56-33-12-15-42-22-43-33/h12-13,15-16,22-29,31-32,34-35,39,48,53,62H,11,17-21H2,1-10H3,(H,51,52)(H2,44,45,46,49,50)/t28-,29-,31+,32-,34-,35+,39-,63?/m1/s1. The first-order valence-electron chi connectivity index (χ1n) is 22.1. The summed E-state index contributed by atoms with van der Waals surface area (Å²) in [6.07, 6.45) is -1.38. The van der Waals surface area contributed by atoms with Gasteiger partial charge >= 0.3 is 32.1 Å². The molecule has 0 aromatic carbocycles. The van der Waals surface area contributed by atoms with Gasteiger partial charge in [-0.1, -0.05) is 69.2 Å². The second-order valence-corrected chi connectivity index (χ2v) is 30.4. The number of H-pyrrole nitrogens is 1. The average molecular weight is 1020 g/mol. The molecule has 2 unspecified atom stereocenters. The van der Waals surface area contributed by atoms with Gasteiger partial charge in [0, 0.05) is 36.7 Å². The van der Waals surface area contributed by atoms with Crippen LogP contribution in [0.3, 0.4) is 0 Å². The fourth-order valence-electron chi connectivity index (χ4n) is 8.21. The zero-order valence-electron chi connectivity index (χ0n) is 39.0. The number of nitrogens with zero attached hydrogens (tertiary/aromatic N) is 5. The van der Waals surface area contributed by atoms with Gasteiger partial charge in [-0.15, -0.1) is 0 Å². The van der Waals surface area contributed by atoms with Crippen molar-refractivity contribution in [2.45, 2.75) is 147 Å². The molecule has 1 aliphatic heterocycles. The van der Waals surface area contributed by atoms with Crippen LogP contribution in [0.25, 0.3) is 11.0 Å². The number of amides is 1. The monoisotopic (exact) mass is 1020 g/mol. The van der Waals surface area contributed by atoms with Crippen LogP contribution in [-0.2, 0) is 52.5 Å². The lowest BCUT2D eigenvalue weighted by molar-refractivity contribution is -0.118. The minimum Gasteiger partial charge on any atom is -0.474 e. The number of aromatic nitrogens is 5. The molecule has 3 aromatic rings. The summed E-state index contributed by atoms with van der Waals surface area (Å²) in [6, 6.07) is 5.13. The third kappa shape index (κ3) is 12.7. The van der Waals surface area contributed by atoms with Crippen molar-refractivity contribution >= 4 is 66.8 Å². The highest BCUT2D eigenvalue weighted by molar-refractivity contribution is 8.07. The first kappa shape index (κ1) is 54.1. The molecule has 9 atom stereocenters. The lowest BCUT2D eigenvalue weighted by Crippen LogP contribution is -2.62. The van der Waals surface area contributed by atoms with E-state index in [0.29, 0.717) is 12.3 Å². The smallest absolute Gasteiger partial charge is 0.335 e. The molecule has 1 saturated heterocycles. The SMILES string of the molecule is CC(C)C(=O)Nc1nc2c(ccn2[C@@H]2O[C@H](CO)[C@@H](O[Si](O[Si](O)(C(C)C)C(C)C)(C(C)C)C(C)C)[C@@H]2OP(=S)(OCCC#N)OC[C@H]2C[C@@H](Oc3ccncn3)C[C@@H]2O[PH](=O)O)c(=O)[nH]1. The van der Waals surface area contributed by atoms with Crippen LogP contribution in [0, 0.1) is 23.2 Å². The molecule has 2 fully saturated rings. The van der Waals surface area contributed by atoms with Crippen molar-refractivity contribution in [3.63, 3.8) is 0 Å². The van der Waals surface area contributed by atoms with E-state index in [2.05, 4.69) is 25.3 Å². The molecule has 0 radical (unpaired) electrons. The van der Waals surface area contributed by atoms with E-state index in [1.54, 1.807) is 26.1 Å². The minimum absolute atomic E-state index is 0.0853. The van der Waals surface area contributed by atoms with E-state index in [1.807, 2.05) is 61.5 Å². The maximum atomic E-state index is 13.5. The number of hydrogen-bond acceptors (Lipinski definition) is 18. The van der Waals surface area contributed by atoms with Crippen LogP contribution in [-0.4, -0.2) is 113 Å². The number of aliphatic hydroxyl groups excluding tert-OH is 1. The highest BCUT2D eigenvalue weighted by Crippen LogP contribution is 2.56. The molecule has 4 heterocycles. The molecule has 1 saturated carbocycles. The fraction of sp³-hybridized carbons (Fsp3) is 0.700. The highest BCUT2D eigenvalue weighted by atomic mass is 32.5. The van der Waals surface area contributed by atoms with Crippen LogP contribution in [0.5, 0.6) is 5.88 Å². The highest BCUT2D eigenvalue weighted by Gasteiger charge is 2.60. The second-order valence-electron chi connectivity index (χ2n) is 18.0. The largest absolute Gasteiger partial charge is 0.474 e. The Morgan fingerprint density at radius 3 is 2.36 bits per heavy atom. The molecule has 5 N–H and O–H groups in total. The predicted molar refractivity (Wildman–Crippen MR) is 251 cm³/mol. The van der Waals surface area contributed by atoms with Gasteiger partial charge < -0.3 is 50.9 Å². The number of aromatic amines is 1. The van der Waals surface area contributed by atoms with Crippen molar-refractivity contribution in [2.75, 3.05) is 25.1 Å². The molecule has 1 aliphatic carbocycles. The Balaban J connectivity index is 1.62. The summed E-state index contributed by atoms with van der Waals surface area (Å²) in [4.78, 5) is 63.7. The number of hydrogen-bond donors (Lipinski definition) is 5. The van der Waals surface area contributed by atoms with Crippen LogP contribution >= 0.6 is 15.0 Å². The quantitative estimate of drug-likeness (QED) is 0.0385. The number of anilines is 1. The van der Waals surface area contributed by atoms with Crippen LogP contribution in [0.2, 0.25) is 22.2 Å². The summed E-state index contributed by atoms with van der Waals surface area (Å²) in [5.41, 5.74) is -1.47. The topological polar surface area (TPSA) is 281 Å². The Labute approximate surface area is 392 Å². The van der Waals surface area contributed by atoms with Gasteiger partial charge in [-0.3, -0.25) is 29.0 Å². The van der Waals surface area contributed by atoms with Crippen molar-refractivity contribution in [1.29, 1.82) is 5.26 Å². The number of nitriles is 1. The number of carbonyl (C=O) groups excluding carboxylic acids is 1. The average Bonchev–Trinajstić information content (AvgIpc) is 3.94. The Kier molecular flexibility index (Phi) is 19.0. The van der Waals surface area contributed by atoms with Crippen LogP contribution in [0.1, 0.15) is 94.7 Å². The van der Waals surface area contributed by atoms with E-state index >= 15 is 0 Å². The first-order valence-corrected chi connectivity index (χ1v) is 29.9. The molecular formula is C40H65N7O14P2SSi2. The molecule has 3 aromatic heterocycles. The van der Waals surface area contributed by atoms with Crippen molar-refractivity contribution in [3.05, 3.63) is 41.2 Å². The maximum absolute atomic E-state index is 13.5. The number of rotatable bonds is 24. The van der Waals surface area contributed by atoms with Gasteiger partial charge in [0.1, 0.15) is 30.7 Å². The summed E-state index contributed by atoms with van der Waals surface area (Å²) in [5, 5.41) is 23.4. The molecule has 26 heteroatoms. The molecule has 21 nitrogen and oxygen atoms in total. The molecule has 66 heavy (non-hydrogen) atoms. The van der Waals surface area contributed by atoms with Gasteiger partial charge in [0.2, 0.25) is 17.7 Å². The third-order valence-electron chi connectivity index (χ3n) is 11.8. The van der Waals surface area contributed by atoms with E-state index in [1.165, 1.54) is 23.2 Å². The van der Waals surface area contributed by atoms with Gasteiger partial charge in [0.05, 0.1) is 43.8 Å². The summed E-state index contributed by atoms with van der Waals surface area (Å²) in [7, 11) is -10.6. The number of carbonyl (C=O) groups is 1. The molecule has 2 aliphatic rings. The van der Waals surface area contributed by atoms with E-state index in [9.17, 15) is 34.2 Å². The summed E-state index contributed by atoms with van der Waals surface area (Å²) < 4.78 is 65.7. The lowest BCUT2D eigenvalue weighted by atomic mass is 10.1. The van der Waals surface area contributed by atoms with Crippen LogP contribution < -0.4 is 15.6 Å². The van der Waals surface area contributed by atoms with E-state index < -0.39 is 98.8 Å². The number of nitrogens with one attached hydrogen (secondary N) is 2. The maximum Gasteiger partial charge on any atom is 0.335 e. The van der Waals surface area contributed by atoms with Crippen molar-refractivity contribution in [2.24, 2.45) is 11.8 Å². The summed E-state index contributed by atoms with van der Waals surface area (Å²) in [5.74, 6) is -1.20. The van der Waals surface area contributed by atoms with Gasteiger partial charge in [-0.25, -0.2) is 9.97 Å².